The third kappa shape index (κ3) is 4.21. The highest BCUT2D eigenvalue weighted by Crippen LogP contribution is 2.40. The van der Waals surface area contributed by atoms with Crippen molar-refractivity contribution in [1.82, 2.24) is 10.6 Å². The zero-order valence-corrected chi connectivity index (χ0v) is 16.7. The van der Waals surface area contributed by atoms with E-state index in [1.54, 1.807) is 0 Å². The largest absolute Gasteiger partial charge is 0.352 e. The van der Waals surface area contributed by atoms with Gasteiger partial charge in [0.05, 0.1) is 6.04 Å². The van der Waals surface area contributed by atoms with E-state index in [9.17, 15) is 8.78 Å². The minimum Gasteiger partial charge on any atom is -0.352 e. The Morgan fingerprint density at radius 2 is 1.52 bits per heavy atom. The number of rotatable bonds is 4. The molecule has 0 radical (unpaired) electrons. The van der Waals surface area contributed by atoms with Crippen LogP contribution in [0.2, 0.25) is 10.0 Å². The van der Waals surface area contributed by atoms with Crippen molar-refractivity contribution in [3.63, 3.8) is 0 Å². The molecule has 0 saturated carbocycles. The lowest BCUT2D eigenvalue weighted by Gasteiger charge is -2.21. The van der Waals surface area contributed by atoms with Crippen LogP contribution in [-0.4, -0.2) is 5.96 Å². The second-order valence-electron chi connectivity index (χ2n) is 6.69. The molecule has 1 aliphatic rings. The fourth-order valence-electron chi connectivity index (χ4n) is 3.35. The lowest BCUT2D eigenvalue weighted by atomic mass is 9.95. The number of nitrogens with one attached hydrogen (secondary N) is 2. The van der Waals surface area contributed by atoms with Crippen LogP contribution < -0.4 is 10.6 Å². The zero-order chi connectivity index (χ0) is 20.4. The molecule has 0 saturated heterocycles. The lowest BCUT2D eigenvalue weighted by molar-refractivity contribution is 0.506. The van der Waals surface area contributed by atoms with Gasteiger partial charge in [0, 0.05) is 16.6 Å². The van der Waals surface area contributed by atoms with Crippen molar-refractivity contribution in [3.05, 3.63) is 105 Å². The number of nitrogens with zero attached hydrogens (tertiary/aromatic N) is 1. The first kappa shape index (κ1) is 19.7. The SMILES string of the molecule is Fc1ccc(CNC2=NC(c3ccccc3Cl)C(c3ccccc3Cl)N2)cc1F. The van der Waals surface area contributed by atoms with E-state index in [0.717, 1.165) is 23.3 Å². The molecule has 0 fully saturated rings. The van der Waals surface area contributed by atoms with Crippen molar-refractivity contribution < 1.29 is 8.78 Å². The molecular formula is C22H17Cl2F2N3. The molecule has 3 nitrogen and oxygen atoms in total. The summed E-state index contributed by atoms with van der Waals surface area (Å²) in [6, 6.07) is 18.4. The monoisotopic (exact) mass is 431 g/mol. The van der Waals surface area contributed by atoms with Crippen molar-refractivity contribution in [2.24, 2.45) is 4.99 Å². The van der Waals surface area contributed by atoms with Gasteiger partial charge in [-0.1, -0.05) is 65.7 Å². The molecule has 0 bridgehead atoms. The molecule has 29 heavy (non-hydrogen) atoms. The summed E-state index contributed by atoms with van der Waals surface area (Å²) in [4.78, 5) is 4.76. The average molecular weight is 432 g/mol. The molecule has 2 atom stereocenters. The number of halogens is 4. The van der Waals surface area contributed by atoms with Crippen molar-refractivity contribution in [2.45, 2.75) is 18.6 Å². The van der Waals surface area contributed by atoms with Crippen molar-refractivity contribution in [1.29, 1.82) is 0 Å². The molecule has 7 heteroatoms. The standard InChI is InChI=1S/C22H17Cl2F2N3/c23-16-7-3-1-5-14(16)20-21(15-6-2-4-8-17(15)24)29-22(28-20)27-12-13-9-10-18(25)19(26)11-13/h1-11,20-21H,12H2,(H2,27,28,29). The fourth-order valence-corrected chi connectivity index (χ4v) is 3.85. The first-order chi connectivity index (χ1) is 14.0. The van der Waals surface area contributed by atoms with Crippen LogP contribution in [-0.2, 0) is 6.54 Å². The van der Waals surface area contributed by atoms with Crippen LogP contribution >= 0.6 is 23.2 Å². The highest BCUT2D eigenvalue weighted by Gasteiger charge is 2.33. The number of hydrogen-bond acceptors (Lipinski definition) is 3. The van der Waals surface area contributed by atoms with Gasteiger partial charge in [-0.25, -0.2) is 13.8 Å². The molecule has 0 aromatic heterocycles. The zero-order valence-electron chi connectivity index (χ0n) is 15.2. The molecule has 3 aromatic carbocycles. The second kappa shape index (κ2) is 8.39. The van der Waals surface area contributed by atoms with Gasteiger partial charge in [-0.2, -0.15) is 0 Å². The van der Waals surface area contributed by atoms with E-state index in [4.69, 9.17) is 28.2 Å². The third-order valence-corrected chi connectivity index (χ3v) is 5.47. The minimum absolute atomic E-state index is 0.226. The van der Waals surface area contributed by atoms with Gasteiger partial charge in [-0.15, -0.1) is 0 Å². The van der Waals surface area contributed by atoms with Crippen molar-refractivity contribution in [2.75, 3.05) is 0 Å². The summed E-state index contributed by atoms with van der Waals surface area (Å²) in [5.74, 6) is -1.22. The Hall–Kier alpha value is -2.63. The Balaban J connectivity index is 1.61. The highest BCUT2D eigenvalue weighted by molar-refractivity contribution is 6.32. The van der Waals surface area contributed by atoms with Crippen LogP contribution in [0.25, 0.3) is 0 Å². The Morgan fingerprint density at radius 1 is 0.862 bits per heavy atom. The van der Waals surface area contributed by atoms with E-state index in [1.165, 1.54) is 6.07 Å². The molecule has 0 spiro atoms. The van der Waals surface area contributed by atoms with Gasteiger partial charge in [0.25, 0.3) is 0 Å². The number of hydrogen-bond donors (Lipinski definition) is 2. The normalized spacial score (nSPS) is 18.3. The summed E-state index contributed by atoms with van der Waals surface area (Å²) in [6.07, 6.45) is 0. The maximum atomic E-state index is 13.5. The summed E-state index contributed by atoms with van der Waals surface area (Å²) in [5.41, 5.74) is 2.37. The predicted molar refractivity (Wildman–Crippen MR) is 112 cm³/mol. The van der Waals surface area contributed by atoms with Crippen molar-refractivity contribution in [3.8, 4) is 0 Å². The van der Waals surface area contributed by atoms with Crippen LogP contribution in [0.15, 0.2) is 71.7 Å². The second-order valence-corrected chi connectivity index (χ2v) is 7.50. The fraction of sp³-hybridized carbons (Fsp3) is 0.136. The maximum absolute atomic E-state index is 13.5. The third-order valence-electron chi connectivity index (χ3n) is 4.78. The Morgan fingerprint density at radius 3 is 2.17 bits per heavy atom. The van der Waals surface area contributed by atoms with Gasteiger partial charge >= 0.3 is 0 Å². The molecule has 1 aliphatic heterocycles. The number of aliphatic imine (C=N–C) groups is 1. The topological polar surface area (TPSA) is 36.4 Å². The van der Waals surface area contributed by atoms with E-state index in [-0.39, 0.29) is 18.6 Å². The van der Waals surface area contributed by atoms with Crippen molar-refractivity contribution >= 4 is 29.2 Å². The molecule has 1 heterocycles. The van der Waals surface area contributed by atoms with Gasteiger partial charge in [-0.05, 0) is 41.0 Å². The maximum Gasteiger partial charge on any atom is 0.192 e. The Kier molecular flexibility index (Phi) is 5.69. The predicted octanol–water partition coefficient (Wildman–Crippen LogP) is 5.80. The van der Waals surface area contributed by atoms with Crippen LogP contribution in [0.5, 0.6) is 0 Å². The van der Waals surface area contributed by atoms with Crippen LogP contribution in [0.4, 0.5) is 8.78 Å². The highest BCUT2D eigenvalue weighted by atomic mass is 35.5. The molecule has 0 aliphatic carbocycles. The molecule has 3 aromatic rings. The molecule has 2 unspecified atom stereocenters. The van der Waals surface area contributed by atoms with Crippen LogP contribution in [0.3, 0.4) is 0 Å². The first-order valence-corrected chi connectivity index (χ1v) is 9.79. The van der Waals surface area contributed by atoms with Gasteiger partial charge in [0.15, 0.2) is 17.6 Å². The quantitative estimate of drug-likeness (QED) is 0.547. The van der Waals surface area contributed by atoms with Gasteiger partial charge < -0.3 is 10.6 Å². The number of guanidine groups is 1. The molecule has 0 amide bonds. The average Bonchev–Trinajstić information content (AvgIpc) is 3.13. The Labute approximate surface area is 177 Å². The summed E-state index contributed by atoms with van der Waals surface area (Å²) in [5, 5.41) is 7.73. The van der Waals surface area contributed by atoms with E-state index < -0.39 is 11.6 Å². The van der Waals surface area contributed by atoms with Crippen LogP contribution in [0.1, 0.15) is 28.8 Å². The van der Waals surface area contributed by atoms with Crippen LogP contribution in [0, 0.1) is 11.6 Å². The van der Waals surface area contributed by atoms with E-state index >= 15 is 0 Å². The minimum atomic E-state index is -0.881. The lowest BCUT2D eigenvalue weighted by Crippen LogP contribution is -2.35. The van der Waals surface area contributed by atoms with Gasteiger partial charge in [0.2, 0.25) is 0 Å². The van der Waals surface area contributed by atoms with E-state index in [1.807, 2.05) is 48.5 Å². The molecule has 2 N–H and O–H groups in total. The summed E-state index contributed by atoms with van der Waals surface area (Å²) in [6.45, 7) is 0.285. The summed E-state index contributed by atoms with van der Waals surface area (Å²) in [7, 11) is 0. The molecule has 148 valence electrons. The molecular weight excluding hydrogens is 415 g/mol. The molecule has 4 rings (SSSR count). The number of benzene rings is 3. The first-order valence-electron chi connectivity index (χ1n) is 9.04. The summed E-state index contributed by atoms with van der Waals surface area (Å²) >= 11 is 12.9. The van der Waals surface area contributed by atoms with Gasteiger partial charge in [-0.3, -0.25) is 0 Å². The van der Waals surface area contributed by atoms with E-state index in [2.05, 4.69) is 10.6 Å². The summed E-state index contributed by atoms with van der Waals surface area (Å²) < 4.78 is 26.6. The smallest absolute Gasteiger partial charge is 0.192 e. The van der Waals surface area contributed by atoms with Gasteiger partial charge in [0.1, 0.15) is 6.04 Å². The Bertz CT molecular complexity index is 1070. The van der Waals surface area contributed by atoms with E-state index in [0.29, 0.717) is 21.6 Å².